The molecule has 1 aromatic carbocycles. The third kappa shape index (κ3) is 3.13. The van der Waals surface area contributed by atoms with Crippen LogP contribution in [0.4, 0.5) is 0 Å². The molecule has 1 atom stereocenters. The van der Waals surface area contributed by atoms with Crippen molar-refractivity contribution in [2.45, 2.75) is 38.7 Å². The van der Waals surface area contributed by atoms with Crippen molar-refractivity contribution >= 4 is 5.90 Å². The number of nitrogens with zero attached hydrogens (tertiary/aromatic N) is 4. The molecular weight excluding hydrogens is 316 g/mol. The van der Waals surface area contributed by atoms with Gasteiger partial charge >= 0.3 is 0 Å². The summed E-state index contributed by atoms with van der Waals surface area (Å²) in [5, 5.41) is 22.2. The third-order valence-corrected chi connectivity index (χ3v) is 4.50. The number of allylic oxidation sites excluding steroid dienone is 4. The van der Waals surface area contributed by atoms with Gasteiger partial charge in [0.25, 0.3) is 0 Å². The molecule has 1 aromatic heterocycles. The van der Waals surface area contributed by atoms with Gasteiger partial charge in [-0.25, -0.2) is 0 Å². The van der Waals surface area contributed by atoms with E-state index >= 15 is 0 Å². The Hall–Kier alpha value is -2.73. The van der Waals surface area contributed by atoms with E-state index in [0.29, 0.717) is 12.3 Å². The first-order valence-electron chi connectivity index (χ1n) is 8.48. The second kappa shape index (κ2) is 6.64. The van der Waals surface area contributed by atoms with Crippen molar-refractivity contribution in [2.75, 3.05) is 0 Å². The minimum Gasteiger partial charge on any atom is -0.441 e. The Kier molecular flexibility index (Phi) is 4.19. The molecule has 0 radical (unpaired) electrons. The Bertz CT molecular complexity index is 880. The first-order chi connectivity index (χ1) is 12.2. The number of aliphatic hydroxyl groups excluding tert-OH is 1. The topological polar surface area (TPSA) is 72.5 Å². The van der Waals surface area contributed by atoms with Crippen LogP contribution >= 0.6 is 0 Å². The number of aliphatic hydroxyl groups is 1. The van der Waals surface area contributed by atoms with Crippen LogP contribution in [0.1, 0.15) is 41.5 Å². The van der Waals surface area contributed by atoms with Crippen molar-refractivity contribution in [1.82, 2.24) is 14.9 Å². The summed E-state index contributed by atoms with van der Waals surface area (Å²) in [5.74, 6) is 3.30. The van der Waals surface area contributed by atoms with Crippen LogP contribution in [-0.2, 0) is 13.0 Å². The summed E-state index contributed by atoms with van der Waals surface area (Å²) in [6, 6.07) is 5.83. The Labute approximate surface area is 146 Å². The maximum atomic E-state index is 9.48. The molecule has 6 nitrogen and oxygen atoms in total. The smallest absolute Gasteiger partial charge is 0.213 e. The molecule has 0 saturated heterocycles. The van der Waals surface area contributed by atoms with E-state index < -0.39 is 0 Å². The molecule has 2 aromatic rings. The molecule has 1 unspecified atom stereocenters. The molecule has 1 N–H and O–H groups in total. The van der Waals surface area contributed by atoms with Crippen LogP contribution in [0.15, 0.2) is 47.6 Å². The molecule has 1 aliphatic carbocycles. The minimum atomic E-state index is 0.0176. The van der Waals surface area contributed by atoms with Crippen LogP contribution < -0.4 is 4.74 Å². The highest BCUT2D eigenvalue weighted by Crippen LogP contribution is 2.33. The van der Waals surface area contributed by atoms with Crippen molar-refractivity contribution in [1.29, 1.82) is 0 Å². The predicted octanol–water partition coefficient (Wildman–Crippen LogP) is 2.87. The average Bonchev–Trinajstić information content (AvgIpc) is 3.03. The highest BCUT2D eigenvalue weighted by Gasteiger charge is 2.20. The molecule has 6 heteroatoms. The lowest BCUT2D eigenvalue weighted by atomic mass is 9.91. The van der Waals surface area contributed by atoms with Crippen molar-refractivity contribution < 1.29 is 9.84 Å². The van der Waals surface area contributed by atoms with Crippen LogP contribution in [0, 0.1) is 6.92 Å². The fourth-order valence-electron chi connectivity index (χ4n) is 3.16. The van der Waals surface area contributed by atoms with Crippen molar-refractivity contribution in [3.63, 3.8) is 0 Å². The van der Waals surface area contributed by atoms with Gasteiger partial charge in [-0.2, -0.15) is 4.68 Å². The van der Waals surface area contributed by atoms with Gasteiger partial charge < -0.3 is 9.84 Å². The zero-order chi connectivity index (χ0) is 17.2. The molecule has 128 valence electrons. The van der Waals surface area contributed by atoms with E-state index in [1.807, 2.05) is 25.1 Å². The summed E-state index contributed by atoms with van der Waals surface area (Å²) in [4.78, 5) is 0. The van der Waals surface area contributed by atoms with Crippen molar-refractivity contribution in [3.8, 4) is 5.75 Å². The maximum absolute atomic E-state index is 9.48. The standard InChI is InChI=1S/C19H20N4O2/c1-13-20-21-18-9-10-19(22-23(13)18)25-17-8-7-14(12-24)11-16(17)15-5-3-2-4-6-15/h2-5,7-8,11,15,24H,6,9-10,12H2,1H3. The quantitative estimate of drug-likeness (QED) is 0.935. The molecule has 0 spiro atoms. The highest BCUT2D eigenvalue weighted by atomic mass is 16.5. The highest BCUT2D eigenvalue weighted by molar-refractivity contribution is 5.79. The van der Waals surface area contributed by atoms with Gasteiger partial charge in [0.2, 0.25) is 5.90 Å². The maximum Gasteiger partial charge on any atom is 0.213 e. The summed E-state index contributed by atoms with van der Waals surface area (Å²) in [6.45, 7) is 1.90. The second-order valence-electron chi connectivity index (χ2n) is 6.26. The first-order valence-corrected chi connectivity index (χ1v) is 8.48. The van der Waals surface area contributed by atoms with Crippen LogP contribution in [-0.4, -0.2) is 25.9 Å². The first kappa shape index (κ1) is 15.8. The largest absolute Gasteiger partial charge is 0.441 e. The van der Waals surface area contributed by atoms with Crippen molar-refractivity contribution in [2.24, 2.45) is 5.10 Å². The Balaban J connectivity index is 1.66. The number of fused-ring (bicyclic) bond motifs is 1. The summed E-state index contributed by atoms with van der Waals surface area (Å²) < 4.78 is 7.89. The number of hydrogen-bond donors (Lipinski definition) is 1. The van der Waals surface area contributed by atoms with E-state index in [1.54, 1.807) is 4.68 Å². The SMILES string of the molecule is Cc1nnc2n1N=C(Oc1ccc(CO)cc1C1C=CC=CC1)CC2. The number of aryl methyl sites for hydroxylation is 2. The molecule has 0 saturated carbocycles. The fraction of sp³-hybridized carbons (Fsp3) is 0.316. The lowest BCUT2D eigenvalue weighted by Crippen LogP contribution is -2.20. The second-order valence-corrected chi connectivity index (χ2v) is 6.26. The van der Waals surface area contributed by atoms with Crippen LogP contribution in [0.3, 0.4) is 0 Å². The molecule has 2 aliphatic rings. The number of aromatic nitrogens is 3. The molecule has 2 heterocycles. The zero-order valence-corrected chi connectivity index (χ0v) is 14.1. The normalized spacial score (nSPS) is 18.8. The zero-order valence-electron chi connectivity index (χ0n) is 14.1. The minimum absolute atomic E-state index is 0.0176. The van der Waals surface area contributed by atoms with Crippen molar-refractivity contribution in [3.05, 3.63) is 65.3 Å². The van der Waals surface area contributed by atoms with Gasteiger partial charge in [-0.3, -0.25) is 0 Å². The molecule has 25 heavy (non-hydrogen) atoms. The molecule has 1 aliphatic heterocycles. The molecule has 0 amide bonds. The third-order valence-electron chi connectivity index (χ3n) is 4.50. The van der Waals surface area contributed by atoms with E-state index in [4.69, 9.17) is 4.74 Å². The lowest BCUT2D eigenvalue weighted by molar-refractivity contribution is 0.281. The number of ether oxygens (including phenoxy) is 1. The Morgan fingerprint density at radius 1 is 1.24 bits per heavy atom. The van der Waals surface area contributed by atoms with E-state index in [-0.39, 0.29) is 12.5 Å². The van der Waals surface area contributed by atoms with E-state index in [0.717, 1.165) is 41.4 Å². The van der Waals surface area contributed by atoms with Crippen LogP contribution in [0.2, 0.25) is 0 Å². The van der Waals surface area contributed by atoms with Gasteiger partial charge in [-0.1, -0.05) is 30.4 Å². The van der Waals surface area contributed by atoms with E-state index in [2.05, 4.69) is 39.6 Å². The summed E-state index contributed by atoms with van der Waals surface area (Å²) >= 11 is 0. The average molecular weight is 336 g/mol. The van der Waals surface area contributed by atoms with E-state index in [1.165, 1.54) is 0 Å². The number of benzene rings is 1. The van der Waals surface area contributed by atoms with Gasteiger partial charge in [0.1, 0.15) is 5.75 Å². The number of rotatable bonds is 3. The van der Waals surface area contributed by atoms with Gasteiger partial charge in [0.15, 0.2) is 11.6 Å². The molecule has 4 rings (SSSR count). The summed E-state index contributed by atoms with van der Waals surface area (Å²) in [5.41, 5.74) is 1.95. The van der Waals surface area contributed by atoms with Crippen LogP contribution in [0.5, 0.6) is 5.75 Å². The summed E-state index contributed by atoms with van der Waals surface area (Å²) in [6.07, 6.45) is 10.8. The molecular formula is C19H20N4O2. The van der Waals surface area contributed by atoms with Crippen LogP contribution in [0.25, 0.3) is 0 Å². The lowest BCUT2D eigenvalue weighted by Gasteiger charge is -2.20. The molecule has 0 bridgehead atoms. The van der Waals surface area contributed by atoms with Gasteiger partial charge in [-0.15, -0.1) is 15.3 Å². The Morgan fingerprint density at radius 2 is 2.16 bits per heavy atom. The number of hydrogen-bond acceptors (Lipinski definition) is 5. The van der Waals surface area contributed by atoms with E-state index in [9.17, 15) is 5.11 Å². The molecule has 0 fully saturated rings. The Morgan fingerprint density at radius 3 is 2.96 bits per heavy atom. The fourth-order valence-corrected chi connectivity index (χ4v) is 3.16. The van der Waals surface area contributed by atoms with Gasteiger partial charge in [-0.05, 0) is 31.0 Å². The van der Waals surface area contributed by atoms with Gasteiger partial charge in [0.05, 0.1) is 6.61 Å². The van der Waals surface area contributed by atoms with Gasteiger partial charge in [0, 0.05) is 24.3 Å². The summed E-state index contributed by atoms with van der Waals surface area (Å²) in [7, 11) is 0. The predicted molar refractivity (Wildman–Crippen MR) is 94.5 cm³/mol. The monoisotopic (exact) mass is 336 g/mol.